The predicted octanol–water partition coefficient (Wildman–Crippen LogP) is 17.7. The quantitative estimate of drug-likeness (QED) is 0.0181. The minimum Gasteiger partial charge on any atom is -0.493 e. The standard InChI is InChI=1S/C57H67F2N5O6/c1-3-5-7-9-11-13-15-17-19-21-37-67-48-33-35-53(51(58)39-48)63-61-46-28-23-43(24-29-46)56(65)69-50-32-27-45(42-60)55(41-50)70-57(66)44-25-30-47(31-26-44)62-64-54-36-34-49(40-52(54)59)68-38-22-20-18-16-14-12-10-8-6-4-2/h23-36,39-41H,3-22,37-38H2,1-2H3. The zero-order chi connectivity index (χ0) is 49.6. The van der Waals surface area contributed by atoms with E-state index in [4.69, 9.17) is 18.9 Å². The van der Waals surface area contributed by atoms with E-state index in [1.165, 1.54) is 194 Å². The van der Waals surface area contributed by atoms with Crippen molar-refractivity contribution in [2.24, 2.45) is 20.5 Å². The van der Waals surface area contributed by atoms with E-state index in [0.717, 1.165) is 25.7 Å². The number of ether oxygens (including phenoxy) is 4. The lowest BCUT2D eigenvalue weighted by Gasteiger charge is -2.09. The van der Waals surface area contributed by atoms with Gasteiger partial charge in [-0.25, -0.2) is 18.4 Å². The lowest BCUT2D eigenvalue weighted by atomic mass is 10.1. The smallest absolute Gasteiger partial charge is 0.343 e. The average molecular weight is 956 g/mol. The molecule has 13 heteroatoms. The first-order chi connectivity index (χ1) is 34.3. The Kier molecular flexibility index (Phi) is 24.2. The third-order valence-electron chi connectivity index (χ3n) is 11.6. The Hall–Kier alpha value is -6.81. The van der Waals surface area contributed by atoms with E-state index >= 15 is 0 Å². The molecule has 0 aliphatic heterocycles. The van der Waals surface area contributed by atoms with Crippen molar-refractivity contribution in [3.05, 3.63) is 131 Å². The molecule has 0 aliphatic rings. The first-order valence-electron chi connectivity index (χ1n) is 25.1. The first kappa shape index (κ1) is 54.1. The number of benzene rings is 5. The highest BCUT2D eigenvalue weighted by Gasteiger charge is 2.16. The Bertz CT molecular complexity index is 2470. The maximum Gasteiger partial charge on any atom is 0.343 e. The molecule has 0 saturated carbocycles. The molecule has 370 valence electrons. The maximum atomic E-state index is 14.8. The highest BCUT2D eigenvalue weighted by atomic mass is 19.1. The van der Waals surface area contributed by atoms with Crippen LogP contribution < -0.4 is 18.9 Å². The van der Waals surface area contributed by atoms with Crippen molar-refractivity contribution >= 4 is 34.7 Å². The van der Waals surface area contributed by atoms with E-state index in [2.05, 4.69) is 34.3 Å². The molecule has 5 aromatic carbocycles. The van der Waals surface area contributed by atoms with Gasteiger partial charge < -0.3 is 18.9 Å². The van der Waals surface area contributed by atoms with Gasteiger partial charge in [-0.15, -0.1) is 10.2 Å². The summed E-state index contributed by atoms with van der Waals surface area (Å²) in [6, 6.07) is 26.9. The Labute approximate surface area is 412 Å². The van der Waals surface area contributed by atoms with Gasteiger partial charge in [-0.2, -0.15) is 15.5 Å². The van der Waals surface area contributed by atoms with Gasteiger partial charge in [0.2, 0.25) is 0 Å². The van der Waals surface area contributed by atoms with Crippen LogP contribution in [0.3, 0.4) is 0 Å². The molecule has 0 atom stereocenters. The van der Waals surface area contributed by atoms with Crippen LogP contribution in [0.15, 0.2) is 124 Å². The zero-order valence-corrected chi connectivity index (χ0v) is 40.8. The van der Waals surface area contributed by atoms with Crippen LogP contribution in [0.5, 0.6) is 23.0 Å². The van der Waals surface area contributed by atoms with Crippen LogP contribution in [0.1, 0.15) is 169 Å². The summed E-state index contributed by atoms with van der Waals surface area (Å²) in [5, 5.41) is 26.0. The summed E-state index contributed by atoms with van der Waals surface area (Å²) < 4.78 is 52.2. The van der Waals surface area contributed by atoms with Crippen molar-refractivity contribution in [2.75, 3.05) is 13.2 Å². The van der Waals surface area contributed by atoms with Crippen LogP contribution in [0.2, 0.25) is 0 Å². The number of rotatable bonds is 32. The number of nitriles is 1. The molecule has 0 N–H and O–H groups in total. The number of esters is 2. The number of unbranched alkanes of at least 4 members (excludes halogenated alkanes) is 18. The highest BCUT2D eigenvalue weighted by Crippen LogP contribution is 2.30. The normalized spacial score (nSPS) is 11.2. The van der Waals surface area contributed by atoms with E-state index < -0.39 is 23.6 Å². The molecule has 0 heterocycles. The van der Waals surface area contributed by atoms with Crippen molar-refractivity contribution in [1.29, 1.82) is 5.26 Å². The molecular weight excluding hydrogens is 889 g/mol. The van der Waals surface area contributed by atoms with Gasteiger partial charge in [-0.3, -0.25) is 0 Å². The molecule has 0 bridgehead atoms. The number of nitrogens with zero attached hydrogens (tertiary/aromatic N) is 5. The molecule has 0 fully saturated rings. The number of azo groups is 2. The topological polar surface area (TPSA) is 144 Å². The summed E-state index contributed by atoms with van der Waals surface area (Å²) in [7, 11) is 0. The lowest BCUT2D eigenvalue weighted by molar-refractivity contribution is 0.0732. The van der Waals surface area contributed by atoms with Crippen molar-refractivity contribution in [1.82, 2.24) is 0 Å². The van der Waals surface area contributed by atoms with Gasteiger partial charge in [0.1, 0.15) is 34.7 Å². The molecule has 0 unspecified atom stereocenters. The van der Waals surface area contributed by atoms with Crippen LogP contribution in [-0.4, -0.2) is 25.2 Å². The van der Waals surface area contributed by atoms with E-state index in [0.29, 0.717) is 36.1 Å². The molecule has 5 aromatic rings. The molecule has 0 aliphatic carbocycles. The van der Waals surface area contributed by atoms with Crippen molar-refractivity contribution in [2.45, 2.75) is 142 Å². The molecule has 0 amide bonds. The molecule has 5 rings (SSSR count). The molecule has 11 nitrogen and oxygen atoms in total. The number of halogens is 2. The van der Waals surface area contributed by atoms with Gasteiger partial charge in [0.25, 0.3) is 0 Å². The van der Waals surface area contributed by atoms with Gasteiger partial charge in [0.15, 0.2) is 17.4 Å². The van der Waals surface area contributed by atoms with Gasteiger partial charge in [-0.1, -0.05) is 129 Å². The minimum absolute atomic E-state index is 0.0265. The van der Waals surface area contributed by atoms with Gasteiger partial charge >= 0.3 is 11.9 Å². The summed E-state index contributed by atoms with van der Waals surface area (Å²) in [4.78, 5) is 26.2. The first-order valence-corrected chi connectivity index (χ1v) is 25.1. The van der Waals surface area contributed by atoms with Crippen LogP contribution in [-0.2, 0) is 0 Å². The summed E-state index contributed by atoms with van der Waals surface area (Å²) in [5.41, 5.74) is 1.17. The summed E-state index contributed by atoms with van der Waals surface area (Å²) >= 11 is 0. The third-order valence-corrected chi connectivity index (χ3v) is 11.6. The number of hydrogen-bond acceptors (Lipinski definition) is 11. The molecule has 0 spiro atoms. The predicted molar refractivity (Wildman–Crippen MR) is 270 cm³/mol. The summed E-state index contributed by atoms with van der Waals surface area (Å²) in [5.74, 6) is -1.87. The van der Waals surface area contributed by atoms with E-state index in [1.54, 1.807) is 12.1 Å². The molecule has 70 heavy (non-hydrogen) atoms. The van der Waals surface area contributed by atoms with E-state index in [-0.39, 0.29) is 39.6 Å². The van der Waals surface area contributed by atoms with Crippen LogP contribution in [0, 0.1) is 23.0 Å². The van der Waals surface area contributed by atoms with Crippen LogP contribution >= 0.6 is 0 Å². The van der Waals surface area contributed by atoms with Crippen LogP contribution in [0.4, 0.5) is 31.5 Å². The number of hydrogen-bond donors (Lipinski definition) is 0. The van der Waals surface area contributed by atoms with Crippen molar-refractivity contribution in [3.8, 4) is 29.1 Å². The monoisotopic (exact) mass is 956 g/mol. The Morgan fingerprint density at radius 3 is 1.24 bits per heavy atom. The van der Waals surface area contributed by atoms with Crippen molar-refractivity contribution < 1.29 is 37.3 Å². The fraction of sp³-hybridized carbons (Fsp3) is 0.421. The maximum absolute atomic E-state index is 14.8. The van der Waals surface area contributed by atoms with Crippen LogP contribution in [0.25, 0.3) is 0 Å². The molecule has 0 aromatic heterocycles. The van der Waals surface area contributed by atoms with Gasteiger partial charge in [-0.05, 0) is 97.8 Å². The van der Waals surface area contributed by atoms with Gasteiger partial charge in [0.05, 0.1) is 41.3 Å². The lowest BCUT2D eigenvalue weighted by Crippen LogP contribution is -2.11. The fourth-order valence-corrected chi connectivity index (χ4v) is 7.50. The second-order valence-electron chi connectivity index (χ2n) is 17.3. The second-order valence-corrected chi connectivity index (χ2v) is 17.3. The SMILES string of the molecule is CCCCCCCCCCCCOc1ccc(N=Nc2ccc(C(=O)Oc3ccc(C#N)c(OC(=O)c4ccc(N=Nc5ccc(OCCCCCCCCCCCC)cc5F)cc4)c3)cc2)c(F)c1. The molecule has 0 saturated heterocycles. The highest BCUT2D eigenvalue weighted by molar-refractivity contribution is 5.92. The van der Waals surface area contributed by atoms with E-state index in [9.17, 15) is 23.6 Å². The Morgan fingerprint density at radius 2 is 0.843 bits per heavy atom. The second kappa shape index (κ2) is 31.3. The molecular formula is C57H67F2N5O6. The number of carbonyl (C=O) groups excluding carboxylic acids is 2. The average Bonchev–Trinajstić information content (AvgIpc) is 3.37. The largest absolute Gasteiger partial charge is 0.493 e. The minimum atomic E-state index is -0.781. The van der Waals surface area contributed by atoms with E-state index in [1.807, 2.05) is 6.07 Å². The Balaban J connectivity index is 1.04. The zero-order valence-electron chi connectivity index (χ0n) is 40.8. The van der Waals surface area contributed by atoms with Crippen molar-refractivity contribution in [3.63, 3.8) is 0 Å². The third kappa shape index (κ3) is 19.7. The molecule has 0 radical (unpaired) electrons. The summed E-state index contributed by atoms with van der Waals surface area (Å²) in [6.45, 7) is 5.50. The van der Waals surface area contributed by atoms with Gasteiger partial charge in [0, 0.05) is 18.2 Å². The summed E-state index contributed by atoms with van der Waals surface area (Å²) in [6.07, 6.45) is 24.5. The number of carbonyl (C=O) groups is 2. The Morgan fingerprint density at radius 1 is 0.457 bits per heavy atom. The fourth-order valence-electron chi connectivity index (χ4n) is 7.50.